The molecule has 0 fully saturated rings. The SMILES string of the molecule is [Ba+2].[O-2].[O]=[Sb+]. The Kier molecular flexibility index (Phi) is 78.9. The Morgan fingerprint density at radius 3 is 1.25 bits per heavy atom. The summed E-state index contributed by atoms with van der Waals surface area (Å²) in [6.07, 6.45) is 0. The minimum absolute atomic E-state index is 0. The molecule has 2 nitrogen and oxygen atoms in total. The molecule has 0 bridgehead atoms. The summed E-state index contributed by atoms with van der Waals surface area (Å²) in [6.45, 7) is 0. The van der Waals surface area contributed by atoms with Gasteiger partial charge in [-0.3, -0.25) is 0 Å². The molecule has 0 aliphatic heterocycles. The first-order valence-electron chi connectivity index (χ1n) is 0.183. The monoisotopic (exact) mass is 291 g/mol. The first kappa shape index (κ1) is 16.4. The molecule has 0 N–H and O–H groups in total. The molecule has 4 heavy (non-hydrogen) atoms. The van der Waals surface area contributed by atoms with Gasteiger partial charge in [0.05, 0.1) is 0 Å². The Bertz CT molecular complexity index is 6.00. The van der Waals surface area contributed by atoms with Gasteiger partial charge in [0.1, 0.15) is 0 Å². The van der Waals surface area contributed by atoms with Crippen molar-refractivity contribution in [2.45, 2.75) is 0 Å². The van der Waals surface area contributed by atoms with E-state index in [4.69, 9.17) is 3.02 Å². The van der Waals surface area contributed by atoms with Gasteiger partial charge >= 0.3 is 74.9 Å². The third-order valence-corrected chi connectivity index (χ3v) is 0. The van der Waals surface area contributed by atoms with Crippen molar-refractivity contribution in [1.82, 2.24) is 0 Å². The summed E-state index contributed by atoms with van der Waals surface area (Å²) < 4.78 is 8.30. The molecule has 0 unspecified atom stereocenters. The van der Waals surface area contributed by atoms with Gasteiger partial charge in [-0.1, -0.05) is 0 Å². The summed E-state index contributed by atoms with van der Waals surface area (Å²) >= 11 is 0.500. The summed E-state index contributed by atoms with van der Waals surface area (Å²) in [5, 5.41) is 0. The molecule has 0 aromatic carbocycles. The van der Waals surface area contributed by atoms with E-state index < -0.39 is 0 Å². The van der Waals surface area contributed by atoms with Gasteiger partial charge in [0.2, 0.25) is 0 Å². The van der Waals surface area contributed by atoms with E-state index in [9.17, 15) is 0 Å². The van der Waals surface area contributed by atoms with E-state index in [1.807, 2.05) is 0 Å². The number of rotatable bonds is 0. The van der Waals surface area contributed by atoms with Crippen molar-refractivity contribution < 1.29 is 8.49 Å². The third kappa shape index (κ3) is 8.91. The van der Waals surface area contributed by atoms with E-state index in [2.05, 4.69) is 0 Å². The second-order valence-electron chi connectivity index (χ2n) is 0. The molecule has 4 heteroatoms. The van der Waals surface area contributed by atoms with Crippen LogP contribution >= 0.6 is 0 Å². The van der Waals surface area contributed by atoms with Crippen molar-refractivity contribution in [1.29, 1.82) is 0 Å². The zero-order valence-corrected chi connectivity index (χ0v) is 8.96. The van der Waals surface area contributed by atoms with Crippen molar-refractivity contribution in [3.8, 4) is 0 Å². The van der Waals surface area contributed by atoms with Crippen LogP contribution in [0.3, 0.4) is 0 Å². The summed E-state index contributed by atoms with van der Waals surface area (Å²) in [6, 6.07) is 0. The van der Waals surface area contributed by atoms with Crippen LogP contribution in [0.25, 0.3) is 0 Å². The maximum atomic E-state index is 8.30. The van der Waals surface area contributed by atoms with Gasteiger partial charge in [-0.05, 0) is 0 Å². The first-order valence-corrected chi connectivity index (χ1v) is 1.22. The van der Waals surface area contributed by atoms with E-state index in [0.29, 0.717) is 23.0 Å². The minimum atomic E-state index is 0. The fourth-order valence-corrected chi connectivity index (χ4v) is 0. The van der Waals surface area contributed by atoms with Crippen LogP contribution < -0.4 is 0 Å². The van der Waals surface area contributed by atoms with Gasteiger partial charge in [0.15, 0.2) is 0 Å². The normalized spacial score (nSPS) is 1.00. The van der Waals surface area contributed by atoms with Crippen LogP contribution in [0.15, 0.2) is 0 Å². The Hall–Kier alpha value is 2.15. The molecule has 0 amide bonds. The molecule has 18 valence electrons. The Morgan fingerprint density at radius 2 is 1.25 bits per heavy atom. The molecule has 0 spiro atoms. The van der Waals surface area contributed by atoms with Crippen molar-refractivity contribution in [2.24, 2.45) is 0 Å². The van der Waals surface area contributed by atoms with Gasteiger partial charge in [-0.25, -0.2) is 0 Å². The molecule has 0 atom stereocenters. The van der Waals surface area contributed by atoms with E-state index in [-0.39, 0.29) is 54.4 Å². The number of hydrogen-bond acceptors (Lipinski definition) is 1. The van der Waals surface area contributed by atoms with Gasteiger partial charge in [-0.2, -0.15) is 0 Å². The van der Waals surface area contributed by atoms with Crippen LogP contribution in [0.5, 0.6) is 0 Å². The van der Waals surface area contributed by atoms with Gasteiger partial charge in [0.25, 0.3) is 0 Å². The van der Waals surface area contributed by atoms with Crippen molar-refractivity contribution in [3.05, 3.63) is 0 Å². The maximum absolute atomic E-state index is 8.30. The molecule has 0 rings (SSSR count). The molecule has 0 saturated carbocycles. The van der Waals surface area contributed by atoms with E-state index in [1.165, 1.54) is 0 Å². The fraction of sp³-hybridized carbons (Fsp3) is 0. The van der Waals surface area contributed by atoms with Crippen LogP contribution in [-0.2, 0) is 8.49 Å². The van der Waals surface area contributed by atoms with E-state index in [1.54, 1.807) is 0 Å². The van der Waals surface area contributed by atoms with E-state index >= 15 is 0 Å². The molecule has 0 heterocycles. The first-order chi connectivity index (χ1) is 1.00. The summed E-state index contributed by atoms with van der Waals surface area (Å²) in [5.74, 6) is 0. The molecule has 2 radical (unpaired) electrons. The predicted octanol–water partition coefficient (Wildman–Crippen LogP) is -0.999. The van der Waals surface area contributed by atoms with Crippen molar-refractivity contribution in [2.75, 3.05) is 0 Å². The quantitative estimate of drug-likeness (QED) is 0.528. The Morgan fingerprint density at radius 1 is 1.25 bits per heavy atom. The van der Waals surface area contributed by atoms with Crippen LogP contribution in [0.2, 0.25) is 0 Å². The molecular formula is BaO2Sb+. The van der Waals surface area contributed by atoms with Crippen molar-refractivity contribution >= 4 is 71.9 Å². The van der Waals surface area contributed by atoms with Crippen LogP contribution in [0, 0.1) is 0 Å². The summed E-state index contributed by atoms with van der Waals surface area (Å²) in [7, 11) is 0. The fourth-order valence-electron chi connectivity index (χ4n) is 0. The van der Waals surface area contributed by atoms with Crippen LogP contribution in [0.1, 0.15) is 0 Å². The molecule has 0 aliphatic rings. The second kappa shape index (κ2) is 19.2. The summed E-state index contributed by atoms with van der Waals surface area (Å²) in [4.78, 5) is 0. The zero-order valence-electron chi connectivity index (χ0n) is 1.97. The number of hydrogen-bond donors (Lipinski definition) is 0. The molecule has 0 saturated heterocycles. The van der Waals surface area contributed by atoms with Gasteiger partial charge in [0, 0.05) is 0 Å². The van der Waals surface area contributed by atoms with E-state index in [0.717, 1.165) is 0 Å². The molecule has 0 aromatic rings. The van der Waals surface area contributed by atoms with Gasteiger partial charge in [-0.15, -0.1) is 0 Å². The van der Waals surface area contributed by atoms with Crippen molar-refractivity contribution in [3.63, 3.8) is 0 Å². The Balaban J connectivity index is -0.00000000500. The Labute approximate surface area is 78.6 Å². The van der Waals surface area contributed by atoms with Gasteiger partial charge < -0.3 is 5.48 Å². The third-order valence-electron chi connectivity index (χ3n) is 0. The molecular weight excluding hydrogens is 291 g/mol. The topological polar surface area (TPSA) is 45.6 Å². The molecule has 0 aliphatic carbocycles. The average Bonchev–Trinajstić information content (AvgIpc) is 1.00. The molecule has 0 aromatic heterocycles. The second-order valence-corrected chi connectivity index (χ2v) is 0. The van der Waals surface area contributed by atoms with Crippen LogP contribution in [-0.4, -0.2) is 71.9 Å². The van der Waals surface area contributed by atoms with Crippen LogP contribution in [0.4, 0.5) is 0 Å². The zero-order chi connectivity index (χ0) is 2.00. The summed E-state index contributed by atoms with van der Waals surface area (Å²) in [5.41, 5.74) is 0. The predicted molar refractivity (Wildman–Crippen MR) is 12.9 cm³/mol. The standard InChI is InChI=1S/Ba.2O.Sb/q+2;;-2;+1. The average molecular weight is 291 g/mol.